The van der Waals surface area contributed by atoms with E-state index in [-0.39, 0.29) is 12.0 Å². The van der Waals surface area contributed by atoms with Crippen molar-refractivity contribution in [2.45, 2.75) is 71.1 Å². The highest BCUT2D eigenvalue weighted by Gasteiger charge is 2.19. The molecule has 5 nitrogen and oxygen atoms in total. The van der Waals surface area contributed by atoms with Gasteiger partial charge < -0.3 is 15.5 Å². The van der Waals surface area contributed by atoms with Crippen LogP contribution in [-0.4, -0.2) is 52.9 Å². The van der Waals surface area contributed by atoms with Crippen LogP contribution in [0.5, 0.6) is 0 Å². The lowest BCUT2D eigenvalue weighted by Crippen LogP contribution is -2.46. The number of aliphatic carboxylic acids is 1. The summed E-state index contributed by atoms with van der Waals surface area (Å²) >= 11 is 0. The average Bonchev–Trinajstić information content (AvgIpc) is 2.71. The van der Waals surface area contributed by atoms with Gasteiger partial charge in [0.05, 0.1) is 6.10 Å². The van der Waals surface area contributed by atoms with E-state index >= 15 is 0 Å². The Kier molecular flexibility index (Phi) is 10.4. The summed E-state index contributed by atoms with van der Waals surface area (Å²) < 4.78 is 0. The molecule has 2 aromatic rings. The van der Waals surface area contributed by atoms with Crippen molar-refractivity contribution in [3.63, 3.8) is 0 Å². The summed E-state index contributed by atoms with van der Waals surface area (Å²) in [6.45, 7) is 8.27. The second-order valence-corrected chi connectivity index (χ2v) is 9.68. The molecule has 0 saturated heterocycles. The van der Waals surface area contributed by atoms with E-state index in [4.69, 9.17) is 5.11 Å². The van der Waals surface area contributed by atoms with Crippen LogP contribution in [-0.2, 0) is 24.2 Å². The van der Waals surface area contributed by atoms with E-state index in [0.717, 1.165) is 42.5 Å². The van der Waals surface area contributed by atoms with Crippen LogP contribution >= 0.6 is 0 Å². The van der Waals surface area contributed by atoms with Crippen molar-refractivity contribution in [1.29, 1.82) is 0 Å². The van der Waals surface area contributed by atoms with Crippen molar-refractivity contribution in [3.8, 4) is 0 Å². The van der Waals surface area contributed by atoms with Crippen molar-refractivity contribution in [2.24, 2.45) is 0 Å². The van der Waals surface area contributed by atoms with E-state index in [9.17, 15) is 9.90 Å². The summed E-state index contributed by atoms with van der Waals surface area (Å²) in [6.07, 6.45) is 3.46. The zero-order valence-corrected chi connectivity index (χ0v) is 20.1. The van der Waals surface area contributed by atoms with E-state index in [0.29, 0.717) is 19.5 Å². The monoisotopic (exact) mass is 440 g/mol. The molecular formula is C27H40N2O3. The average molecular weight is 441 g/mol. The van der Waals surface area contributed by atoms with E-state index in [1.807, 2.05) is 26.1 Å². The standard InChI is InChI=1S/C27H40N2O3/c1-21-15-23(12-13-26(31)32)17-24(16-21)19-29(4)20-25(30)18-28-27(2,3)14-8-11-22-9-6-5-7-10-22/h5-7,9-10,15-17,25,28,30H,8,11-14,18-20H2,1-4H3,(H,31,32)/t25-/m1/s1. The summed E-state index contributed by atoms with van der Waals surface area (Å²) in [4.78, 5) is 13.0. The lowest BCUT2D eigenvalue weighted by atomic mass is 9.95. The predicted octanol–water partition coefficient (Wildman–Crippen LogP) is 4.20. The maximum absolute atomic E-state index is 10.9. The zero-order chi connectivity index (χ0) is 23.6. The topological polar surface area (TPSA) is 72.8 Å². The summed E-state index contributed by atoms with van der Waals surface area (Å²) in [7, 11) is 2.01. The number of nitrogens with one attached hydrogen (secondary N) is 1. The van der Waals surface area contributed by atoms with Crippen LogP contribution in [0.2, 0.25) is 0 Å². The number of aryl methyl sites for hydroxylation is 3. The van der Waals surface area contributed by atoms with Gasteiger partial charge in [-0.15, -0.1) is 0 Å². The van der Waals surface area contributed by atoms with Crippen molar-refractivity contribution >= 4 is 5.97 Å². The fourth-order valence-corrected chi connectivity index (χ4v) is 4.10. The fraction of sp³-hybridized carbons (Fsp3) is 0.519. The van der Waals surface area contributed by atoms with Crippen molar-refractivity contribution in [2.75, 3.05) is 20.1 Å². The van der Waals surface area contributed by atoms with E-state index < -0.39 is 12.1 Å². The number of rotatable bonds is 14. The van der Waals surface area contributed by atoms with Crippen LogP contribution in [0.1, 0.15) is 55.4 Å². The molecule has 0 unspecified atom stereocenters. The molecule has 0 fully saturated rings. The first kappa shape index (κ1) is 26.0. The molecule has 0 saturated carbocycles. The third-order valence-electron chi connectivity index (χ3n) is 5.73. The molecule has 2 rings (SSSR count). The Labute approximate surface area is 193 Å². The number of benzene rings is 2. The first-order valence-corrected chi connectivity index (χ1v) is 11.6. The summed E-state index contributed by atoms with van der Waals surface area (Å²) in [5.74, 6) is -0.774. The number of carboxylic acids is 1. The number of hydrogen-bond acceptors (Lipinski definition) is 4. The first-order chi connectivity index (χ1) is 15.1. The lowest BCUT2D eigenvalue weighted by Gasteiger charge is -2.29. The molecule has 0 aliphatic rings. The van der Waals surface area contributed by atoms with Crippen LogP contribution in [0.25, 0.3) is 0 Å². The Morgan fingerprint density at radius 1 is 1.06 bits per heavy atom. The lowest BCUT2D eigenvalue weighted by molar-refractivity contribution is -0.136. The highest BCUT2D eigenvalue weighted by atomic mass is 16.4. The second kappa shape index (κ2) is 12.7. The Bertz CT molecular complexity index is 836. The first-order valence-electron chi connectivity index (χ1n) is 11.6. The van der Waals surface area contributed by atoms with Crippen LogP contribution in [0, 0.1) is 6.92 Å². The summed E-state index contributed by atoms with van der Waals surface area (Å²) in [6, 6.07) is 16.8. The Hall–Kier alpha value is -2.21. The molecule has 2 aromatic carbocycles. The molecule has 0 aliphatic heterocycles. The number of likely N-dealkylation sites (N-methyl/N-ethyl adjacent to an activating group) is 1. The molecule has 0 radical (unpaired) electrons. The molecule has 0 spiro atoms. The predicted molar refractivity (Wildman–Crippen MR) is 131 cm³/mol. The summed E-state index contributed by atoms with van der Waals surface area (Å²) in [5.41, 5.74) is 4.68. The van der Waals surface area contributed by atoms with Gasteiger partial charge in [-0.05, 0) is 70.2 Å². The smallest absolute Gasteiger partial charge is 0.303 e. The molecule has 0 aliphatic carbocycles. The van der Waals surface area contributed by atoms with Crippen molar-refractivity contribution in [3.05, 3.63) is 70.8 Å². The summed E-state index contributed by atoms with van der Waals surface area (Å²) in [5, 5.41) is 23.0. The Morgan fingerprint density at radius 3 is 2.44 bits per heavy atom. The molecule has 1 atom stereocenters. The number of carbonyl (C=O) groups is 1. The minimum Gasteiger partial charge on any atom is -0.481 e. The molecule has 0 aromatic heterocycles. The van der Waals surface area contributed by atoms with Gasteiger partial charge >= 0.3 is 5.97 Å². The molecule has 176 valence electrons. The minimum atomic E-state index is -0.774. The quantitative estimate of drug-likeness (QED) is 0.411. The van der Waals surface area contributed by atoms with Gasteiger partial charge in [-0.25, -0.2) is 0 Å². The minimum absolute atomic E-state index is 0.0239. The van der Waals surface area contributed by atoms with Crippen LogP contribution in [0.3, 0.4) is 0 Å². The normalized spacial score (nSPS) is 12.8. The van der Waals surface area contributed by atoms with Crippen molar-refractivity contribution < 1.29 is 15.0 Å². The maximum atomic E-state index is 10.9. The second-order valence-electron chi connectivity index (χ2n) is 9.68. The number of aliphatic hydroxyl groups is 1. The van der Waals surface area contributed by atoms with Gasteiger partial charge in [0.25, 0.3) is 0 Å². The molecular weight excluding hydrogens is 400 g/mol. The van der Waals surface area contributed by atoms with Gasteiger partial charge in [0.2, 0.25) is 0 Å². The maximum Gasteiger partial charge on any atom is 0.303 e. The van der Waals surface area contributed by atoms with Crippen LogP contribution < -0.4 is 5.32 Å². The van der Waals surface area contributed by atoms with E-state index in [1.54, 1.807) is 0 Å². The molecule has 32 heavy (non-hydrogen) atoms. The SMILES string of the molecule is Cc1cc(CCC(=O)O)cc(CN(C)C[C@H](O)CNC(C)(C)CCCc2ccccc2)c1. The number of carboxylic acid groups (broad SMARTS) is 1. The largest absolute Gasteiger partial charge is 0.481 e. The molecule has 3 N–H and O–H groups in total. The highest BCUT2D eigenvalue weighted by Crippen LogP contribution is 2.16. The Morgan fingerprint density at radius 2 is 1.75 bits per heavy atom. The van der Waals surface area contributed by atoms with E-state index in [2.05, 4.69) is 60.5 Å². The van der Waals surface area contributed by atoms with Gasteiger partial charge in [-0.2, -0.15) is 0 Å². The number of nitrogens with zero attached hydrogens (tertiary/aromatic N) is 1. The van der Waals surface area contributed by atoms with Gasteiger partial charge in [-0.1, -0.05) is 54.1 Å². The Balaban J connectivity index is 1.74. The van der Waals surface area contributed by atoms with Crippen molar-refractivity contribution in [1.82, 2.24) is 10.2 Å². The zero-order valence-electron chi connectivity index (χ0n) is 20.1. The van der Waals surface area contributed by atoms with Crippen LogP contribution in [0.15, 0.2) is 48.5 Å². The van der Waals surface area contributed by atoms with E-state index in [1.165, 1.54) is 5.56 Å². The van der Waals surface area contributed by atoms with Gasteiger partial charge in [0.1, 0.15) is 0 Å². The molecule has 0 heterocycles. The number of hydrogen-bond donors (Lipinski definition) is 3. The third kappa shape index (κ3) is 10.4. The molecule has 0 amide bonds. The van der Waals surface area contributed by atoms with Gasteiger partial charge in [-0.3, -0.25) is 9.69 Å². The molecule has 0 bridgehead atoms. The van der Waals surface area contributed by atoms with Crippen LogP contribution in [0.4, 0.5) is 0 Å². The highest BCUT2D eigenvalue weighted by molar-refractivity contribution is 5.67. The van der Waals surface area contributed by atoms with Gasteiger partial charge in [0, 0.05) is 31.6 Å². The third-order valence-corrected chi connectivity index (χ3v) is 5.73. The fourth-order valence-electron chi connectivity index (χ4n) is 4.10. The van der Waals surface area contributed by atoms with Gasteiger partial charge in [0.15, 0.2) is 0 Å². The number of β-amino-alcohol motifs (C(OH)–C–C–N with tert-alkyl or cyclic N) is 1. The number of aliphatic hydroxyl groups excluding tert-OH is 1. The molecule has 5 heteroatoms.